The molecule has 214 valence electrons. The molecule has 2 atom stereocenters. The summed E-state index contributed by atoms with van der Waals surface area (Å²) < 4.78 is 25.6. The third kappa shape index (κ3) is 5.08. The van der Waals surface area contributed by atoms with Crippen molar-refractivity contribution in [3.63, 3.8) is 0 Å². The summed E-state index contributed by atoms with van der Waals surface area (Å²) in [6.45, 7) is 4.96. The van der Waals surface area contributed by atoms with Crippen LogP contribution in [0.4, 0.5) is 10.1 Å². The first-order valence-corrected chi connectivity index (χ1v) is 13.9. The van der Waals surface area contributed by atoms with Crippen LogP contribution in [0.3, 0.4) is 0 Å². The molecular weight excluding hydrogens is 527 g/mol. The number of benzene rings is 2. The number of nitrogens with zero attached hydrogens (tertiary/aromatic N) is 2. The van der Waals surface area contributed by atoms with Crippen LogP contribution in [0.15, 0.2) is 48.5 Å². The first-order chi connectivity index (χ1) is 19.5. The van der Waals surface area contributed by atoms with Crippen molar-refractivity contribution in [3.05, 3.63) is 71.2 Å². The van der Waals surface area contributed by atoms with Crippen LogP contribution in [-0.4, -0.2) is 54.2 Å². The van der Waals surface area contributed by atoms with Crippen LogP contribution in [-0.2, 0) is 15.8 Å². The van der Waals surface area contributed by atoms with Crippen LogP contribution in [0.2, 0.25) is 0 Å². The van der Waals surface area contributed by atoms with Gasteiger partial charge in [0.15, 0.2) is 0 Å². The van der Waals surface area contributed by atoms with E-state index in [-0.39, 0.29) is 30.9 Å². The lowest BCUT2D eigenvalue weighted by Crippen LogP contribution is -2.41. The first-order valence-electron chi connectivity index (χ1n) is 13.9. The van der Waals surface area contributed by atoms with E-state index in [2.05, 4.69) is 15.2 Å². The number of anilines is 1. The molecule has 3 heterocycles. The van der Waals surface area contributed by atoms with Crippen molar-refractivity contribution < 1.29 is 28.6 Å². The number of amides is 2. The highest BCUT2D eigenvalue weighted by Crippen LogP contribution is 2.45. The Kier molecular flexibility index (Phi) is 6.60. The molecule has 1 aromatic heterocycles. The molecule has 4 N–H and O–H groups in total. The van der Waals surface area contributed by atoms with E-state index in [1.807, 2.05) is 6.07 Å². The van der Waals surface area contributed by atoms with Crippen LogP contribution in [0.25, 0.3) is 11.3 Å². The third-order valence-electron chi connectivity index (χ3n) is 8.12. The zero-order valence-electron chi connectivity index (χ0n) is 23.1. The number of primary amides is 1. The quantitative estimate of drug-likeness (QED) is 0.366. The van der Waals surface area contributed by atoms with Gasteiger partial charge in [-0.2, -0.15) is 0 Å². The molecular formula is C31H33FN4O5. The number of hydrogen-bond acceptors (Lipinski definition) is 7. The molecule has 0 spiro atoms. The minimum absolute atomic E-state index is 0.00849. The van der Waals surface area contributed by atoms with Gasteiger partial charge >= 0.3 is 0 Å². The van der Waals surface area contributed by atoms with Crippen molar-refractivity contribution in [2.24, 2.45) is 5.73 Å². The largest absolute Gasteiger partial charge is 0.489 e. The van der Waals surface area contributed by atoms with Crippen molar-refractivity contribution in [1.29, 1.82) is 0 Å². The molecule has 10 heteroatoms. The molecule has 1 saturated carbocycles. The van der Waals surface area contributed by atoms with Gasteiger partial charge in [0.2, 0.25) is 5.91 Å². The normalized spacial score (nSPS) is 20.8. The number of carbonyl (C=O) groups excluding carboxylic acids is 2. The number of nitrogens with two attached hydrogens (primary N) is 1. The van der Waals surface area contributed by atoms with Crippen molar-refractivity contribution >= 4 is 17.5 Å². The number of aromatic nitrogens is 1. The molecule has 2 amide bonds. The summed E-state index contributed by atoms with van der Waals surface area (Å²) in [5, 5.41) is 14.4. The number of aliphatic hydroxyl groups is 1. The summed E-state index contributed by atoms with van der Waals surface area (Å²) in [6, 6.07) is 12.7. The van der Waals surface area contributed by atoms with Gasteiger partial charge in [-0.1, -0.05) is 0 Å². The molecule has 0 unspecified atom stereocenters. The first kappa shape index (κ1) is 27.0. The van der Waals surface area contributed by atoms with Gasteiger partial charge in [-0.3, -0.25) is 9.59 Å². The SMILES string of the molecule is C[C@](O)(CNC(=O)c1ccc(N2CCC2)c(OC2CC2)c1)c1cc2c(c(-c3ccc(F)cc3)n1)OC[C@]2(C)C(N)=O. The van der Waals surface area contributed by atoms with Gasteiger partial charge in [0, 0.05) is 29.8 Å². The van der Waals surface area contributed by atoms with Crippen molar-refractivity contribution in [2.45, 2.75) is 50.2 Å². The van der Waals surface area contributed by atoms with Gasteiger partial charge in [0.05, 0.1) is 24.0 Å². The second kappa shape index (κ2) is 10.0. The molecule has 2 fully saturated rings. The van der Waals surface area contributed by atoms with Crippen LogP contribution in [0.1, 0.15) is 54.7 Å². The minimum atomic E-state index is -1.63. The fourth-order valence-electron chi connectivity index (χ4n) is 5.05. The number of pyridine rings is 1. The van der Waals surface area contributed by atoms with Crippen molar-refractivity contribution in [2.75, 3.05) is 31.1 Å². The highest BCUT2D eigenvalue weighted by molar-refractivity contribution is 5.95. The monoisotopic (exact) mass is 560 g/mol. The fourth-order valence-corrected chi connectivity index (χ4v) is 5.05. The summed E-state index contributed by atoms with van der Waals surface area (Å²) in [5.41, 5.74) is 5.94. The zero-order valence-corrected chi connectivity index (χ0v) is 23.1. The van der Waals surface area contributed by atoms with Gasteiger partial charge in [0.1, 0.15) is 40.6 Å². The average molecular weight is 561 g/mol. The van der Waals surface area contributed by atoms with E-state index in [0.29, 0.717) is 33.9 Å². The summed E-state index contributed by atoms with van der Waals surface area (Å²) in [6.07, 6.45) is 3.33. The highest BCUT2D eigenvalue weighted by Gasteiger charge is 2.45. The number of nitrogens with one attached hydrogen (secondary N) is 1. The van der Waals surface area contributed by atoms with Gasteiger partial charge in [0.25, 0.3) is 5.91 Å². The van der Waals surface area contributed by atoms with Gasteiger partial charge < -0.3 is 30.5 Å². The number of fused-ring (bicyclic) bond motifs is 1. The Morgan fingerprint density at radius 2 is 1.95 bits per heavy atom. The molecule has 2 aromatic carbocycles. The summed E-state index contributed by atoms with van der Waals surface area (Å²) in [5.74, 6) is -0.320. The molecule has 3 aromatic rings. The molecule has 1 aliphatic carbocycles. The molecule has 6 rings (SSSR count). The molecule has 2 aliphatic heterocycles. The second-order valence-corrected chi connectivity index (χ2v) is 11.5. The Balaban J connectivity index is 1.28. The predicted molar refractivity (Wildman–Crippen MR) is 150 cm³/mol. The Morgan fingerprint density at radius 1 is 1.22 bits per heavy atom. The standard InChI is InChI=1S/C31H33FN4O5/c1-30(29(33)38)17-40-27-22(30)15-25(35-26(27)18-4-7-20(32)8-5-18)31(2,39)16-34-28(37)19-6-11-23(36-12-3-13-36)24(14-19)41-21-9-10-21/h4-8,11,14-15,21,39H,3,9-10,12-13,16-17H2,1-2H3,(H2,33,38)(H,34,37)/t30-,31-/m0/s1. The number of carbonyl (C=O) groups is 2. The Hall–Kier alpha value is -4.18. The molecule has 0 radical (unpaired) electrons. The maximum atomic E-state index is 13.7. The van der Waals surface area contributed by atoms with Gasteiger partial charge in [-0.15, -0.1) is 0 Å². The number of halogens is 1. The van der Waals surface area contributed by atoms with E-state index in [9.17, 15) is 19.1 Å². The molecule has 1 saturated heterocycles. The average Bonchev–Trinajstić information content (AvgIpc) is 3.67. The van der Waals surface area contributed by atoms with Crippen LogP contribution < -0.4 is 25.4 Å². The van der Waals surface area contributed by atoms with E-state index in [4.69, 9.17) is 15.2 Å². The zero-order chi connectivity index (χ0) is 28.9. The Morgan fingerprint density at radius 3 is 2.59 bits per heavy atom. The smallest absolute Gasteiger partial charge is 0.251 e. The summed E-state index contributed by atoms with van der Waals surface area (Å²) in [4.78, 5) is 32.5. The second-order valence-electron chi connectivity index (χ2n) is 11.5. The van der Waals surface area contributed by atoms with Crippen LogP contribution >= 0.6 is 0 Å². The fraction of sp³-hybridized carbons (Fsp3) is 0.387. The maximum Gasteiger partial charge on any atom is 0.251 e. The van der Waals surface area contributed by atoms with Gasteiger partial charge in [-0.25, -0.2) is 9.37 Å². The summed E-state index contributed by atoms with van der Waals surface area (Å²) >= 11 is 0. The Labute approximate surface area is 237 Å². The topological polar surface area (TPSA) is 127 Å². The lowest BCUT2D eigenvalue weighted by atomic mass is 9.82. The predicted octanol–water partition coefficient (Wildman–Crippen LogP) is 3.41. The number of ether oxygens (including phenoxy) is 2. The van der Waals surface area contributed by atoms with E-state index < -0.39 is 22.7 Å². The Bertz CT molecular complexity index is 1520. The molecule has 41 heavy (non-hydrogen) atoms. The van der Waals surface area contributed by atoms with E-state index in [1.54, 1.807) is 37.3 Å². The van der Waals surface area contributed by atoms with Crippen LogP contribution in [0, 0.1) is 5.82 Å². The molecule has 9 nitrogen and oxygen atoms in total. The van der Waals surface area contributed by atoms with Crippen molar-refractivity contribution in [1.82, 2.24) is 10.3 Å². The number of rotatable bonds is 9. The maximum absolute atomic E-state index is 13.7. The van der Waals surface area contributed by atoms with Crippen LogP contribution in [0.5, 0.6) is 11.5 Å². The highest BCUT2D eigenvalue weighted by atomic mass is 19.1. The third-order valence-corrected chi connectivity index (χ3v) is 8.12. The number of hydrogen-bond donors (Lipinski definition) is 3. The van der Waals surface area contributed by atoms with Gasteiger partial charge in [-0.05, 0) is 81.6 Å². The lowest BCUT2D eigenvalue weighted by Gasteiger charge is -2.34. The van der Waals surface area contributed by atoms with Crippen molar-refractivity contribution in [3.8, 4) is 22.8 Å². The minimum Gasteiger partial charge on any atom is -0.489 e. The van der Waals surface area contributed by atoms with E-state index in [0.717, 1.165) is 38.0 Å². The van der Waals surface area contributed by atoms with E-state index in [1.165, 1.54) is 19.1 Å². The molecule has 3 aliphatic rings. The molecule has 0 bridgehead atoms. The summed E-state index contributed by atoms with van der Waals surface area (Å²) in [7, 11) is 0. The lowest BCUT2D eigenvalue weighted by molar-refractivity contribution is -0.123. The van der Waals surface area contributed by atoms with E-state index >= 15 is 0 Å².